The molecule has 0 spiro atoms. The number of aromatic amines is 1. The Labute approximate surface area is 66.4 Å². The van der Waals surface area contributed by atoms with Gasteiger partial charge in [-0.25, -0.2) is 0 Å². The number of hydrogen-bond acceptors (Lipinski definition) is 1. The number of nitrogens with one attached hydrogen (secondary N) is 1. The zero-order valence-corrected chi connectivity index (χ0v) is 6.20. The fourth-order valence-electron chi connectivity index (χ4n) is 0.897. The van der Waals surface area contributed by atoms with E-state index in [0.29, 0.717) is 0 Å². The maximum absolute atomic E-state index is 12.1. The number of carbonyl (C=O) groups is 1. The van der Waals surface area contributed by atoms with Crippen molar-refractivity contribution >= 4 is 5.78 Å². The van der Waals surface area contributed by atoms with E-state index >= 15 is 0 Å². The van der Waals surface area contributed by atoms with Gasteiger partial charge in [0.2, 0.25) is 0 Å². The van der Waals surface area contributed by atoms with Crippen LogP contribution in [0.3, 0.4) is 0 Å². The van der Waals surface area contributed by atoms with Gasteiger partial charge in [0.05, 0.1) is 0 Å². The highest BCUT2D eigenvalue weighted by Gasteiger charge is 2.35. The van der Waals surface area contributed by atoms with Gasteiger partial charge in [-0.1, -0.05) is 0 Å². The molecule has 0 radical (unpaired) electrons. The zero-order valence-electron chi connectivity index (χ0n) is 6.20. The molecule has 0 aromatic carbocycles. The topological polar surface area (TPSA) is 32.9 Å². The van der Waals surface area contributed by atoms with Crippen LogP contribution in [0.2, 0.25) is 0 Å². The summed E-state index contributed by atoms with van der Waals surface area (Å²) in [4.78, 5) is 12.6. The van der Waals surface area contributed by atoms with Gasteiger partial charge in [-0.3, -0.25) is 4.79 Å². The third-order valence-corrected chi connectivity index (χ3v) is 1.41. The molecule has 12 heavy (non-hydrogen) atoms. The smallest absolute Gasteiger partial charge is 0.357 e. The summed E-state index contributed by atoms with van der Waals surface area (Å²) in [7, 11) is 0. The Morgan fingerprint density at radius 3 is 2.42 bits per heavy atom. The SMILES string of the molecule is CC(=O)c1cc[nH]c1C(F)(F)F. The zero-order chi connectivity index (χ0) is 9.35. The number of carbonyl (C=O) groups excluding carboxylic acids is 1. The van der Waals surface area contributed by atoms with E-state index in [1.165, 1.54) is 0 Å². The lowest BCUT2D eigenvalue weighted by atomic mass is 10.2. The molecular formula is C7H6F3NO. The average Bonchev–Trinajstić information content (AvgIpc) is 2.30. The number of hydrogen-bond donors (Lipinski definition) is 1. The first-order chi connectivity index (χ1) is 5.43. The van der Waals surface area contributed by atoms with Crippen molar-refractivity contribution in [2.75, 3.05) is 0 Å². The van der Waals surface area contributed by atoms with Crippen molar-refractivity contribution in [2.24, 2.45) is 0 Å². The van der Waals surface area contributed by atoms with Crippen molar-refractivity contribution in [1.29, 1.82) is 0 Å². The Morgan fingerprint density at radius 1 is 1.50 bits per heavy atom. The quantitative estimate of drug-likeness (QED) is 0.655. The largest absolute Gasteiger partial charge is 0.431 e. The molecule has 0 fully saturated rings. The summed E-state index contributed by atoms with van der Waals surface area (Å²) in [6.07, 6.45) is -3.38. The van der Waals surface area contributed by atoms with E-state index in [2.05, 4.69) is 0 Å². The van der Waals surface area contributed by atoms with Crippen molar-refractivity contribution in [2.45, 2.75) is 13.1 Å². The monoisotopic (exact) mass is 177 g/mol. The van der Waals surface area contributed by atoms with E-state index in [1.54, 1.807) is 0 Å². The number of Topliss-reactive ketones (excluding diaryl/α,β-unsaturated/α-hetero) is 1. The molecule has 0 atom stereocenters. The van der Waals surface area contributed by atoms with Crippen molar-refractivity contribution in [3.8, 4) is 0 Å². The molecule has 1 aromatic rings. The summed E-state index contributed by atoms with van der Waals surface area (Å²) in [6, 6.07) is 1.12. The van der Waals surface area contributed by atoms with Crippen LogP contribution in [-0.4, -0.2) is 10.8 Å². The first-order valence-electron chi connectivity index (χ1n) is 3.18. The standard InChI is InChI=1S/C7H6F3NO/c1-4(12)5-2-3-11-6(5)7(8,9)10/h2-3,11H,1H3. The number of H-pyrrole nitrogens is 1. The minimum absolute atomic E-state index is 0.317. The molecule has 5 heteroatoms. The van der Waals surface area contributed by atoms with Crippen LogP contribution in [0.25, 0.3) is 0 Å². The van der Waals surface area contributed by atoms with E-state index in [0.717, 1.165) is 19.2 Å². The van der Waals surface area contributed by atoms with Crippen LogP contribution in [0, 0.1) is 0 Å². The molecule has 1 aromatic heterocycles. The van der Waals surface area contributed by atoms with E-state index in [4.69, 9.17) is 0 Å². The maximum atomic E-state index is 12.1. The number of alkyl halides is 3. The van der Waals surface area contributed by atoms with E-state index < -0.39 is 17.7 Å². The molecule has 66 valence electrons. The Bertz CT molecular complexity index is 300. The second-order valence-electron chi connectivity index (χ2n) is 2.32. The fraction of sp³-hybridized carbons (Fsp3) is 0.286. The Balaban J connectivity index is 3.17. The van der Waals surface area contributed by atoms with Gasteiger partial charge in [-0.05, 0) is 13.0 Å². The molecule has 0 amide bonds. The van der Waals surface area contributed by atoms with Crippen molar-refractivity contribution < 1.29 is 18.0 Å². The van der Waals surface area contributed by atoms with Gasteiger partial charge >= 0.3 is 6.18 Å². The van der Waals surface area contributed by atoms with Crippen LogP contribution < -0.4 is 0 Å². The average molecular weight is 177 g/mol. The summed E-state index contributed by atoms with van der Waals surface area (Å²) in [6.45, 7) is 1.10. The summed E-state index contributed by atoms with van der Waals surface area (Å²) < 4.78 is 36.2. The predicted molar refractivity (Wildman–Crippen MR) is 35.8 cm³/mol. The van der Waals surface area contributed by atoms with Crippen LogP contribution in [0.4, 0.5) is 13.2 Å². The Morgan fingerprint density at radius 2 is 2.08 bits per heavy atom. The van der Waals surface area contributed by atoms with Crippen LogP contribution in [0.1, 0.15) is 23.0 Å². The fourth-order valence-corrected chi connectivity index (χ4v) is 0.897. The van der Waals surface area contributed by atoms with Gasteiger partial charge in [0, 0.05) is 11.8 Å². The predicted octanol–water partition coefficient (Wildman–Crippen LogP) is 2.24. The number of rotatable bonds is 1. The molecule has 0 unspecified atom stereocenters. The third-order valence-electron chi connectivity index (χ3n) is 1.41. The van der Waals surface area contributed by atoms with Gasteiger partial charge in [-0.15, -0.1) is 0 Å². The lowest BCUT2D eigenvalue weighted by molar-refractivity contribution is -0.141. The molecular weight excluding hydrogens is 171 g/mol. The molecule has 0 saturated heterocycles. The summed E-state index contributed by atoms with van der Waals surface area (Å²) in [5.74, 6) is -0.594. The normalized spacial score (nSPS) is 11.7. The van der Waals surface area contributed by atoms with Crippen molar-refractivity contribution in [1.82, 2.24) is 4.98 Å². The van der Waals surface area contributed by atoms with E-state index in [-0.39, 0.29) is 5.56 Å². The molecule has 0 aliphatic heterocycles. The molecule has 0 aliphatic carbocycles. The molecule has 1 N–H and O–H groups in total. The second kappa shape index (κ2) is 2.66. The van der Waals surface area contributed by atoms with Gasteiger partial charge in [0.1, 0.15) is 5.69 Å². The highest BCUT2D eigenvalue weighted by molar-refractivity contribution is 5.95. The molecule has 0 bridgehead atoms. The van der Waals surface area contributed by atoms with Crippen molar-refractivity contribution in [3.63, 3.8) is 0 Å². The molecule has 1 heterocycles. The van der Waals surface area contributed by atoms with E-state index in [1.807, 2.05) is 4.98 Å². The van der Waals surface area contributed by atoms with Gasteiger partial charge < -0.3 is 4.98 Å². The highest BCUT2D eigenvalue weighted by Crippen LogP contribution is 2.30. The maximum Gasteiger partial charge on any atom is 0.431 e. The van der Waals surface area contributed by atoms with Gasteiger partial charge in [0.15, 0.2) is 5.78 Å². The van der Waals surface area contributed by atoms with E-state index in [9.17, 15) is 18.0 Å². The van der Waals surface area contributed by atoms with Crippen LogP contribution in [0.15, 0.2) is 12.3 Å². The number of halogens is 3. The van der Waals surface area contributed by atoms with Gasteiger partial charge in [-0.2, -0.15) is 13.2 Å². The van der Waals surface area contributed by atoms with Gasteiger partial charge in [0.25, 0.3) is 0 Å². The number of aromatic nitrogens is 1. The lowest BCUT2D eigenvalue weighted by Gasteiger charge is -2.04. The summed E-state index contributed by atoms with van der Waals surface area (Å²) in [5, 5.41) is 0. The molecule has 1 rings (SSSR count). The number of ketones is 1. The second-order valence-corrected chi connectivity index (χ2v) is 2.32. The molecule has 0 aliphatic rings. The van der Waals surface area contributed by atoms with Crippen LogP contribution >= 0.6 is 0 Å². The summed E-state index contributed by atoms with van der Waals surface area (Å²) in [5.41, 5.74) is -1.29. The first-order valence-corrected chi connectivity index (χ1v) is 3.18. The lowest BCUT2D eigenvalue weighted by Crippen LogP contribution is -2.10. The minimum Gasteiger partial charge on any atom is -0.357 e. The summed E-state index contributed by atoms with van der Waals surface area (Å²) >= 11 is 0. The molecule has 0 saturated carbocycles. The van der Waals surface area contributed by atoms with Crippen LogP contribution in [-0.2, 0) is 6.18 Å². The Hall–Kier alpha value is -1.26. The first kappa shape index (κ1) is 8.83. The van der Waals surface area contributed by atoms with Crippen molar-refractivity contribution in [3.05, 3.63) is 23.5 Å². The highest BCUT2D eigenvalue weighted by atomic mass is 19.4. The molecule has 2 nitrogen and oxygen atoms in total. The third kappa shape index (κ3) is 1.49. The Kier molecular flexibility index (Phi) is 1.95. The van der Waals surface area contributed by atoms with Crippen LogP contribution in [0.5, 0.6) is 0 Å². The minimum atomic E-state index is -4.48.